The van der Waals surface area contributed by atoms with E-state index < -0.39 is 0 Å². The molecule has 0 aliphatic heterocycles. The minimum Gasteiger partial charge on any atom is -0.465 e. The van der Waals surface area contributed by atoms with Crippen LogP contribution in [-0.4, -0.2) is 20.9 Å². The maximum Gasteiger partial charge on any atom is 0.337 e. The molecule has 82 valence electrons. The summed E-state index contributed by atoms with van der Waals surface area (Å²) in [6, 6.07) is 14.9. The predicted molar refractivity (Wildman–Crippen MR) is 68.6 cm³/mol. The molecular formula is C14H11BO2. The molecule has 0 saturated heterocycles. The first kappa shape index (κ1) is 11.5. The van der Waals surface area contributed by atoms with E-state index in [9.17, 15) is 4.79 Å². The molecule has 2 aromatic rings. The second kappa shape index (κ2) is 4.87. The molecular weight excluding hydrogens is 211 g/mol. The first-order valence-corrected chi connectivity index (χ1v) is 5.25. The van der Waals surface area contributed by atoms with Crippen molar-refractivity contribution in [2.75, 3.05) is 7.11 Å². The molecule has 0 bridgehead atoms. The van der Waals surface area contributed by atoms with Crippen LogP contribution in [0.2, 0.25) is 0 Å². The average molecular weight is 222 g/mol. The van der Waals surface area contributed by atoms with Gasteiger partial charge in [0.25, 0.3) is 0 Å². The summed E-state index contributed by atoms with van der Waals surface area (Å²) in [6.07, 6.45) is 0. The van der Waals surface area contributed by atoms with Crippen LogP contribution < -0.4 is 5.46 Å². The number of carbonyl (C=O) groups is 1. The Bertz CT molecular complexity index is 515. The molecule has 0 N–H and O–H groups in total. The summed E-state index contributed by atoms with van der Waals surface area (Å²) in [5, 5.41) is 0. The molecule has 17 heavy (non-hydrogen) atoms. The van der Waals surface area contributed by atoms with E-state index in [1.807, 2.05) is 36.4 Å². The van der Waals surface area contributed by atoms with E-state index in [0.717, 1.165) is 16.6 Å². The molecule has 2 nitrogen and oxygen atoms in total. The number of esters is 1. The van der Waals surface area contributed by atoms with E-state index in [1.54, 1.807) is 12.1 Å². The van der Waals surface area contributed by atoms with Crippen LogP contribution in [0.15, 0.2) is 48.5 Å². The smallest absolute Gasteiger partial charge is 0.337 e. The molecule has 0 amide bonds. The Morgan fingerprint density at radius 1 is 0.941 bits per heavy atom. The highest BCUT2D eigenvalue weighted by Gasteiger charge is 2.04. The quantitative estimate of drug-likeness (QED) is 0.573. The maximum atomic E-state index is 11.3. The predicted octanol–water partition coefficient (Wildman–Crippen LogP) is 1.93. The molecule has 2 rings (SSSR count). The number of hydrogen-bond acceptors (Lipinski definition) is 2. The molecule has 0 fully saturated rings. The second-order valence-corrected chi connectivity index (χ2v) is 3.69. The lowest BCUT2D eigenvalue weighted by Gasteiger charge is -2.04. The van der Waals surface area contributed by atoms with E-state index in [4.69, 9.17) is 7.85 Å². The largest absolute Gasteiger partial charge is 0.465 e. The van der Waals surface area contributed by atoms with Crippen LogP contribution in [0.25, 0.3) is 11.1 Å². The highest BCUT2D eigenvalue weighted by Crippen LogP contribution is 2.18. The Labute approximate surface area is 102 Å². The zero-order valence-corrected chi connectivity index (χ0v) is 9.51. The first-order valence-electron chi connectivity index (χ1n) is 5.25. The molecule has 3 heteroatoms. The SMILES string of the molecule is [B]c1ccc(-c2ccc(C(=O)OC)cc2)cc1. The third-order valence-corrected chi connectivity index (χ3v) is 2.55. The third-order valence-electron chi connectivity index (χ3n) is 2.55. The highest BCUT2D eigenvalue weighted by molar-refractivity contribution is 6.32. The lowest BCUT2D eigenvalue weighted by molar-refractivity contribution is 0.0601. The van der Waals surface area contributed by atoms with Gasteiger partial charge in [-0.3, -0.25) is 0 Å². The zero-order chi connectivity index (χ0) is 12.3. The number of carbonyl (C=O) groups excluding carboxylic acids is 1. The van der Waals surface area contributed by atoms with Crippen LogP contribution >= 0.6 is 0 Å². The van der Waals surface area contributed by atoms with Gasteiger partial charge >= 0.3 is 5.97 Å². The van der Waals surface area contributed by atoms with Gasteiger partial charge in [-0.05, 0) is 23.3 Å². The van der Waals surface area contributed by atoms with Crippen molar-refractivity contribution in [3.8, 4) is 11.1 Å². The van der Waals surface area contributed by atoms with Gasteiger partial charge in [0.05, 0.1) is 12.7 Å². The van der Waals surface area contributed by atoms with Crippen molar-refractivity contribution < 1.29 is 9.53 Å². The van der Waals surface area contributed by atoms with Crippen molar-refractivity contribution in [2.45, 2.75) is 0 Å². The van der Waals surface area contributed by atoms with Crippen LogP contribution in [0.1, 0.15) is 10.4 Å². The van der Waals surface area contributed by atoms with Crippen LogP contribution in [0, 0.1) is 0 Å². The van der Waals surface area contributed by atoms with Crippen molar-refractivity contribution >= 4 is 19.3 Å². The number of ether oxygens (including phenoxy) is 1. The topological polar surface area (TPSA) is 26.3 Å². The summed E-state index contributed by atoms with van der Waals surface area (Å²) < 4.78 is 4.64. The van der Waals surface area contributed by atoms with Crippen molar-refractivity contribution in [1.29, 1.82) is 0 Å². The van der Waals surface area contributed by atoms with Crippen molar-refractivity contribution in [1.82, 2.24) is 0 Å². The normalized spacial score (nSPS) is 9.94. The Morgan fingerprint density at radius 2 is 1.41 bits per heavy atom. The monoisotopic (exact) mass is 222 g/mol. The second-order valence-electron chi connectivity index (χ2n) is 3.69. The molecule has 0 saturated carbocycles. The molecule has 0 aromatic heterocycles. The Morgan fingerprint density at radius 3 is 1.88 bits per heavy atom. The van der Waals surface area contributed by atoms with E-state index >= 15 is 0 Å². The van der Waals surface area contributed by atoms with E-state index in [-0.39, 0.29) is 5.97 Å². The van der Waals surface area contributed by atoms with Crippen molar-refractivity contribution in [3.05, 3.63) is 54.1 Å². The summed E-state index contributed by atoms with van der Waals surface area (Å²) in [6.45, 7) is 0. The van der Waals surface area contributed by atoms with Crippen molar-refractivity contribution in [3.63, 3.8) is 0 Å². The number of methoxy groups -OCH3 is 1. The van der Waals surface area contributed by atoms with Crippen LogP contribution in [0.5, 0.6) is 0 Å². The molecule has 2 aromatic carbocycles. The van der Waals surface area contributed by atoms with Gasteiger partial charge in [-0.15, -0.1) is 0 Å². The standard InChI is InChI=1S/C14H11BO2/c1-17-14(16)12-4-2-10(3-5-12)11-6-8-13(15)9-7-11/h2-9H,1H3. The van der Waals surface area contributed by atoms with Crippen LogP contribution in [0.3, 0.4) is 0 Å². The molecule has 0 unspecified atom stereocenters. The van der Waals surface area contributed by atoms with Gasteiger partial charge in [0, 0.05) is 0 Å². The maximum absolute atomic E-state index is 11.3. The number of benzene rings is 2. The minimum absolute atomic E-state index is 0.325. The lowest BCUT2D eigenvalue weighted by atomic mass is 9.93. The Hall–Kier alpha value is -2.03. The van der Waals surface area contributed by atoms with Crippen molar-refractivity contribution in [2.24, 2.45) is 0 Å². The fourth-order valence-electron chi connectivity index (χ4n) is 1.59. The Kier molecular flexibility index (Phi) is 3.28. The third kappa shape index (κ3) is 2.56. The minimum atomic E-state index is -0.325. The summed E-state index contributed by atoms with van der Waals surface area (Å²) in [7, 11) is 7.00. The molecule has 0 heterocycles. The number of hydrogen-bond donors (Lipinski definition) is 0. The van der Waals surface area contributed by atoms with Gasteiger partial charge < -0.3 is 4.74 Å². The summed E-state index contributed by atoms with van der Waals surface area (Å²) in [4.78, 5) is 11.3. The Balaban J connectivity index is 2.29. The summed E-state index contributed by atoms with van der Waals surface area (Å²) >= 11 is 0. The molecule has 2 radical (unpaired) electrons. The summed E-state index contributed by atoms with van der Waals surface area (Å²) in [5.41, 5.74) is 3.39. The fraction of sp³-hybridized carbons (Fsp3) is 0.0714. The fourth-order valence-corrected chi connectivity index (χ4v) is 1.59. The van der Waals surface area contributed by atoms with E-state index in [2.05, 4.69) is 4.74 Å². The lowest BCUT2D eigenvalue weighted by Crippen LogP contribution is -2.01. The van der Waals surface area contributed by atoms with Gasteiger partial charge in [0.2, 0.25) is 0 Å². The van der Waals surface area contributed by atoms with Crippen LogP contribution in [0.4, 0.5) is 0 Å². The zero-order valence-electron chi connectivity index (χ0n) is 9.51. The van der Waals surface area contributed by atoms with Gasteiger partial charge in [-0.25, -0.2) is 4.79 Å². The van der Waals surface area contributed by atoms with Crippen LogP contribution in [-0.2, 0) is 4.74 Å². The highest BCUT2D eigenvalue weighted by atomic mass is 16.5. The molecule has 0 aliphatic carbocycles. The molecule has 0 aliphatic rings. The number of rotatable bonds is 2. The summed E-state index contributed by atoms with van der Waals surface area (Å²) in [5.74, 6) is -0.325. The van der Waals surface area contributed by atoms with Gasteiger partial charge in [-0.1, -0.05) is 41.9 Å². The van der Waals surface area contributed by atoms with E-state index in [1.165, 1.54) is 7.11 Å². The van der Waals surface area contributed by atoms with Gasteiger partial charge in [0.1, 0.15) is 7.85 Å². The molecule has 0 atom stereocenters. The van der Waals surface area contributed by atoms with Gasteiger partial charge in [-0.2, -0.15) is 0 Å². The average Bonchev–Trinajstić information content (AvgIpc) is 2.39. The van der Waals surface area contributed by atoms with Gasteiger partial charge in [0.15, 0.2) is 0 Å². The first-order chi connectivity index (χ1) is 8.20. The molecule has 0 spiro atoms. The van der Waals surface area contributed by atoms with E-state index in [0.29, 0.717) is 5.56 Å².